The van der Waals surface area contributed by atoms with E-state index in [2.05, 4.69) is 0 Å². The third kappa shape index (κ3) is 1.56. The molecule has 0 atom stereocenters. The second-order valence-corrected chi connectivity index (χ2v) is 2.74. The molecule has 0 radical (unpaired) electrons. The number of carboxylic acid groups (broad SMARTS) is 1. The molecule has 4 heteroatoms. The van der Waals surface area contributed by atoms with E-state index in [4.69, 9.17) is 14.6 Å². The maximum atomic E-state index is 10.2. The summed E-state index contributed by atoms with van der Waals surface area (Å²) in [5.41, 5.74) is 1.06. The van der Waals surface area contributed by atoms with Crippen LogP contribution in [0.25, 0.3) is 0 Å². The minimum atomic E-state index is -0.973. The van der Waals surface area contributed by atoms with Crippen molar-refractivity contribution < 1.29 is 19.4 Å². The van der Waals surface area contributed by atoms with Crippen molar-refractivity contribution in [2.24, 2.45) is 0 Å². The van der Waals surface area contributed by atoms with Crippen molar-refractivity contribution in [1.29, 1.82) is 0 Å². The van der Waals surface area contributed by atoms with Gasteiger partial charge in [0.1, 0.15) is 18.1 Å². The summed E-state index contributed by atoms with van der Waals surface area (Å²) in [5, 5.41) is 8.36. The summed E-state index contributed by atoms with van der Waals surface area (Å²) >= 11 is 0. The fourth-order valence-corrected chi connectivity index (χ4v) is 1.12. The average Bonchev–Trinajstić information content (AvgIpc) is 2.05. The first kappa shape index (κ1) is 7.91. The molecular formula is C9H8O4. The lowest BCUT2D eigenvalue weighted by molar-refractivity contribution is -0.139. The lowest BCUT2D eigenvalue weighted by atomic mass is 10.1. The van der Waals surface area contributed by atoms with Gasteiger partial charge in [0.2, 0.25) is 0 Å². The Morgan fingerprint density at radius 1 is 1.62 bits per heavy atom. The average molecular weight is 180 g/mol. The van der Waals surface area contributed by atoms with Crippen molar-refractivity contribution in [3.63, 3.8) is 0 Å². The number of fused-ring (bicyclic) bond motifs is 1. The molecule has 0 unspecified atom stereocenters. The Morgan fingerprint density at radius 3 is 3.00 bits per heavy atom. The molecule has 0 fully saturated rings. The molecule has 1 N–H and O–H groups in total. The van der Waals surface area contributed by atoms with Gasteiger partial charge < -0.3 is 14.6 Å². The molecule has 1 aliphatic heterocycles. The van der Waals surface area contributed by atoms with E-state index in [1.807, 2.05) is 0 Å². The molecule has 0 saturated heterocycles. The van der Waals surface area contributed by atoms with Gasteiger partial charge in [0.15, 0.2) is 6.61 Å². The predicted molar refractivity (Wildman–Crippen MR) is 43.9 cm³/mol. The van der Waals surface area contributed by atoms with E-state index < -0.39 is 5.97 Å². The van der Waals surface area contributed by atoms with Crippen molar-refractivity contribution in [3.05, 3.63) is 23.8 Å². The highest BCUT2D eigenvalue weighted by Gasteiger charge is 2.14. The summed E-state index contributed by atoms with van der Waals surface area (Å²) in [4.78, 5) is 10.2. The van der Waals surface area contributed by atoms with Gasteiger partial charge in [-0.2, -0.15) is 0 Å². The van der Waals surface area contributed by atoms with Crippen LogP contribution < -0.4 is 9.47 Å². The standard InChI is InChI=1S/C9H8O4/c10-9(11)5-12-7-1-2-8-6(3-7)4-13-8/h1-3H,4-5H2,(H,10,11). The van der Waals surface area contributed by atoms with Crippen LogP contribution in [0.5, 0.6) is 11.5 Å². The molecule has 68 valence electrons. The van der Waals surface area contributed by atoms with Gasteiger partial charge in [0.25, 0.3) is 0 Å². The van der Waals surface area contributed by atoms with Crippen LogP contribution in [0.4, 0.5) is 0 Å². The molecule has 1 aromatic rings. The van der Waals surface area contributed by atoms with E-state index >= 15 is 0 Å². The van der Waals surface area contributed by atoms with Gasteiger partial charge in [-0.05, 0) is 18.2 Å². The van der Waals surface area contributed by atoms with Crippen molar-refractivity contribution in [3.8, 4) is 11.5 Å². The SMILES string of the molecule is O=C(O)COc1ccc2c(c1)CO2. The number of carboxylic acids is 1. The maximum absolute atomic E-state index is 10.2. The topological polar surface area (TPSA) is 55.8 Å². The van der Waals surface area contributed by atoms with Crippen LogP contribution in [0.1, 0.15) is 5.56 Å². The quantitative estimate of drug-likeness (QED) is 0.755. The fraction of sp³-hybridized carbons (Fsp3) is 0.222. The second-order valence-electron chi connectivity index (χ2n) is 2.74. The third-order valence-electron chi connectivity index (χ3n) is 1.78. The van der Waals surface area contributed by atoms with E-state index in [1.54, 1.807) is 18.2 Å². The number of aliphatic carboxylic acids is 1. The summed E-state index contributed by atoms with van der Waals surface area (Å²) in [6, 6.07) is 5.26. The molecule has 2 rings (SSSR count). The van der Waals surface area contributed by atoms with Crippen LogP contribution in [0.3, 0.4) is 0 Å². The molecule has 0 aromatic heterocycles. The molecule has 0 amide bonds. The van der Waals surface area contributed by atoms with E-state index in [0.29, 0.717) is 12.4 Å². The summed E-state index contributed by atoms with van der Waals surface area (Å²) in [6.45, 7) is 0.277. The van der Waals surface area contributed by atoms with Crippen LogP contribution in [0.2, 0.25) is 0 Å². The fourth-order valence-electron chi connectivity index (χ4n) is 1.12. The molecule has 4 nitrogen and oxygen atoms in total. The number of carbonyl (C=O) groups is 1. The van der Waals surface area contributed by atoms with Gasteiger partial charge in [0.05, 0.1) is 0 Å². The molecule has 1 aliphatic rings. The maximum Gasteiger partial charge on any atom is 0.341 e. The van der Waals surface area contributed by atoms with Gasteiger partial charge in [-0.15, -0.1) is 0 Å². The number of hydrogen-bond acceptors (Lipinski definition) is 3. The Balaban J connectivity index is 2.05. The highest BCUT2D eigenvalue weighted by Crippen LogP contribution is 2.31. The van der Waals surface area contributed by atoms with E-state index in [1.165, 1.54) is 0 Å². The zero-order valence-corrected chi connectivity index (χ0v) is 6.82. The van der Waals surface area contributed by atoms with Gasteiger partial charge in [-0.3, -0.25) is 0 Å². The molecule has 1 heterocycles. The summed E-state index contributed by atoms with van der Waals surface area (Å²) in [6.07, 6.45) is 0. The molecule has 0 saturated carbocycles. The zero-order chi connectivity index (χ0) is 9.26. The van der Waals surface area contributed by atoms with Crippen LogP contribution in [-0.4, -0.2) is 17.7 Å². The van der Waals surface area contributed by atoms with Gasteiger partial charge >= 0.3 is 5.97 Å². The Morgan fingerprint density at radius 2 is 2.46 bits per heavy atom. The van der Waals surface area contributed by atoms with Crippen LogP contribution >= 0.6 is 0 Å². The molecule has 1 aromatic carbocycles. The Kier molecular flexibility index (Phi) is 1.81. The highest BCUT2D eigenvalue weighted by molar-refractivity contribution is 5.68. The highest BCUT2D eigenvalue weighted by atomic mass is 16.5. The number of benzene rings is 1. The normalized spacial score (nSPS) is 12.3. The first-order valence-electron chi connectivity index (χ1n) is 3.86. The van der Waals surface area contributed by atoms with Crippen molar-refractivity contribution in [1.82, 2.24) is 0 Å². The molecule has 0 spiro atoms. The minimum absolute atomic E-state index is 0.306. The lowest BCUT2D eigenvalue weighted by Gasteiger charge is -2.20. The largest absolute Gasteiger partial charge is 0.488 e. The zero-order valence-electron chi connectivity index (χ0n) is 6.82. The Hall–Kier alpha value is -1.71. The summed E-state index contributed by atoms with van der Waals surface area (Å²) < 4.78 is 10.1. The number of rotatable bonds is 3. The van der Waals surface area contributed by atoms with E-state index in [-0.39, 0.29) is 6.61 Å². The predicted octanol–water partition coefficient (Wildman–Crippen LogP) is 1.04. The van der Waals surface area contributed by atoms with Crippen LogP contribution in [0.15, 0.2) is 18.2 Å². The smallest absolute Gasteiger partial charge is 0.341 e. The van der Waals surface area contributed by atoms with Crippen molar-refractivity contribution >= 4 is 5.97 Å². The Bertz CT molecular complexity index is 345. The van der Waals surface area contributed by atoms with E-state index in [9.17, 15) is 4.79 Å². The second kappa shape index (κ2) is 2.97. The van der Waals surface area contributed by atoms with Gasteiger partial charge in [-0.25, -0.2) is 4.79 Å². The van der Waals surface area contributed by atoms with Crippen LogP contribution in [-0.2, 0) is 11.4 Å². The number of hydrogen-bond donors (Lipinski definition) is 1. The monoisotopic (exact) mass is 180 g/mol. The molecular weight excluding hydrogens is 172 g/mol. The molecule has 13 heavy (non-hydrogen) atoms. The summed E-state index contributed by atoms with van der Waals surface area (Å²) in [7, 11) is 0. The number of ether oxygens (including phenoxy) is 2. The minimum Gasteiger partial charge on any atom is -0.488 e. The van der Waals surface area contributed by atoms with E-state index in [0.717, 1.165) is 11.3 Å². The van der Waals surface area contributed by atoms with Crippen molar-refractivity contribution in [2.45, 2.75) is 6.61 Å². The van der Waals surface area contributed by atoms with Crippen molar-refractivity contribution in [2.75, 3.05) is 6.61 Å². The van der Waals surface area contributed by atoms with Gasteiger partial charge in [0, 0.05) is 5.56 Å². The molecule has 0 bridgehead atoms. The van der Waals surface area contributed by atoms with Crippen LogP contribution in [0, 0.1) is 0 Å². The summed E-state index contributed by atoms with van der Waals surface area (Å²) in [5.74, 6) is 0.450. The molecule has 0 aliphatic carbocycles. The Labute approximate surface area is 74.7 Å². The lowest BCUT2D eigenvalue weighted by Crippen LogP contribution is -2.12. The third-order valence-corrected chi connectivity index (χ3v) is 1.78. The van der Waals surface area contributed by atoms with Gasteiger partial charge in [-0.1, -0.05) is 0 Å². The first-order chi connectivity index (χ1) is 6.25. The first-order valence-corrected chi connectivity index (χ1v) is 3.86.